The zero-order chi connectivity index (χ0) is 13.0. The van der Waals surface area contributed by atoms with Crippen molar-refractivity contribution in [2.24, 2.45) is 0 Å². The van der Waals surface area contributed by atoms with E-state index in [2.05, 4.69) is 21.2 Å². The van der Waals surface area contributed by atoms with Gasteiger partial charge in [0.15, 0.2) is 0 Å². The van der Waals surface area contributed by atoms with Crippen molar-refractivity contribution < 1.29 is 9.18 Å². The van der Waals surface area contributed by atoms with Crippen molar-refractivity contribution in [2.75, 3.05) is 5.32 Å². The number of carbonyl (C=O) groups excluding carboxylic acids is 1. The summed E-state index contributed by atoms with van der Waals surface area (Å²) >= 11 is 3.32. The Bertz CT molecular complexity index is 554. The van der Waals surface area contributed by atoms with Crippen LogP contribution < -0.4 is 5.32 Å². The molecule has 0 heterocycles. The molecular weight excluding hydrogens is 297 g/mol. The average Bonchev–Trinajstić information content (AvgIpc) is 2.35. The monoisotopic (exact) mass is 307 g/mol. The number of hydrogen-bond donors (Lipinski definition) is 1. The van der Waals surface area contributed by atoms with Gasteiger partial charge in [0.2, 0.25) is 5.91 Å². The van der Waals surface area contributed by atoms with Crippen LogP contribution in [0.1, 0.15) is 5.56 Å². The molecule has 92 valence electrons. The van der Waals surface area contributed by atoms with Gasteiger partial charge in [-0.3, -0.25) is 4.79 Å². The Kier molecular flexibility index (Phi) is 4.10. The molecule has 0 aliphatic carbocycles. The summed E-state index contributed by atoms with van der Waals surface area (Å²) in [7, 11) is 0. The molecule has 0 unspecified atom stereocenters. The number of halogens is 2. The van der Waals surface area contributed by atoms with Crippen LogP contribution in [0.15, 0.2) is 53.0 Å². The lowest BCUT2D eigenvalue weighted by Crippen LogP contribution is -2.15. The maximum absolute atomic E-state index is 13.3. The maximum Gasteiger partial charge on any atom is 0.228 e. The molecule has 0 aliphatic heterocycles. The number of anilines is 1. The van der Waals surface area contributed by atoms with Crippen LogP contribution in [0.25, 0.3) is 0 Å². The van der Waals surface area contributed by atoms with Crippen molar-refractivity contribution in [1.82, 2.24) is 0 Å². The van der Waals surface area contributed by atoms with Gasteiger partial charge in [-0.1, -0.05) is 40.2 Å². The molecule has 0 spiro atoms. The summed E-state index contributed by atoms with van der Waals surface area (Å²) in [5.74, 6) is -0.663. The van der Waals surface area contributed by atoms with Crippen LogP contribution in [0.5, 0.6) is 0 Å². The number of carbonyl (C=O) groups is 1. The molecule has 4 heteroatoms. The Morgan fingerprint density at radius 1 is 1.11 bits per heavy atom. The molecule has 0 aromatic heterocycles. The molecule has 2 aromatic carbocycles. The molecule has 0 saturated carbocycles. The van der Waals surface area contributed by atoms with Crippen molar-refractivity contribution in [3.63, 3.8) is 0 Å². The second-order valence-corrected chi connectivity index (χ2v) is 4.75. The number of para-hydroxylation sites is 1. The molecule has 0 fully saturated rings. The Morgan fingerprint density at radius 2 is 1.78 bits per heavy atom. The Balaban J connectivity index is 2.01. The zero-order valence-corrected chi connectivity index (χ0v) is 11.1. The minimum atomic E-state index is -0.429. The van der Waals surface area contributed by atoms with E-state index in [0.29, 0.717) is 0 Å². The lowest BCUT2D eigenvalue weighted by molar-refractivity contribution is -0.115. The summed E-state index contributed by atoms with van der Waals surface area (Å²) in [6.45, 7) is 0. The summed E-state index contributed by atoms with van der Waals surface area (Å²) < 4.78 is 14.3. The van der Waals surface area contributed by atoms with Crippen LogP contribution in [0, 0.1) is 5.82 Å². The summed E-state index contributed by atoms with van der Waals surface area (Å²) in [4.78, 5) is 11.7. The van der Waals surface area contributed by atoms with E-state index in [9.17, 15) is 9.18 Å². The number of amides is 1. The predicted octanol–water partition coefficient (Wildman–Crippen LogP) is 3.77. The Labute approximate surface area is 113 Å². The van der Waals surface area contributed by atoms with Gasteiger partial charge in [0.25, 0.3) is 0 Å². The standard InChI is InChI=1S/C14H11BrFNO/c15-11-7-5-10(6-8-11)9-14(18)17-13-4-2-1-3-12(13)16/h1-8H,9H2,(H,17,18). The number of hydrogen-bond acceptors (Lipinski definition) is 1. The van der Waals surface area contributed by atoms with E-state index in [4.69, 9.17) is 0 Å². The normalized spacial score (nSPS) is 10.1. The molecule has 0 aliphatic rings. The smallest absolute Gasteiger partial charge is 0.228 e. The molecule has 2 aromatic rings. The van der Waals surface area contributed by atoms with Gasteiger partial charge < -0.3 is 5.32 Å². The molecule has 2 rings (SSSR count). The first kappa shape index (κ1) is 12.8. The maximum atomic E-state index is 13.3. The second-order valence-electron chi connectivity index (χ2n) is 3.83. The minimum absolute atomic E-state index is 0.208. The van der Waals surface area contributed by atoms with Gasteiger partial charge in [-0.15, -0.1) is 0 Å². The molecule has 18 heavy (non-hydrogen) atoms. The molecule has 0 radical (unpaired) electrons. The van der Waals surface area contributed by atoms with E-state index < -0.39 is 5.82 Å². The largest absolute Gasteiger partial charge is 0.323 e. The van der Waals surface area contributed by atoms with Crippen molar-refractivity contribution >= 4 is 27.5 Å². The quantitative estimate of drug-likeness (QED) is 0.919. The topological polar surface area (TPSA) is 29.1 Å². The first-order valence-electron chi connectivity index (χ1n) is 5.44. The fourth-order valence-electron chi connectivity index (χ4n) is 1.54. The summed E-state index contributed by atoms with van der Waals surface area (Å²) in [6, 6.07) is 13.6. The van der Waals surface area contributed by atoms with E-state index in [0.717, 1.165) is 10.0 Å². The lowest BCUT2D eigenvalue weighted by atomic mass is 10.1. The SMILES string of the molecule is O=C(Cc1ccc(Br)cc1)Nc1ccccc1F. The van der Waals surface area contributed by atoms with Crippen LogP contribution >= 0.6 is 15.9 Å². The van der Waals surface area contributed by atoms with E-state index >= 15 is 0 Å². The third-order valence-corrected chi connectivity index (χ3v) is 2.95. The van der Waals surface area contributed by atoms with E-state index in [1.807, 2.05) is 24.3 Å². The highest BCUT2D eigenvalue weighted by atomic mass is 79.9. The molecule has 1 N–H and O–H groups in total. The van der Waals surface area contributed by atoms with Gasteiger partial charge in [-0.05, 0) is 29.8 Å². The van der Waals surface area contributed by atoms with Gasteiger partial charge in [0, 0.05) is 4.47 Å². The first-order valence-corrected chi connectivity index (χ1v) is 6.23. The molecule has 1 amide bonds. The number of rotatable bonds is 3. The van der Waals surface area contributed by atoms with Crippen molar-refractivity contribution in [3.8, 4) is 0 Å². The fourth-order valence-corrected chi connectivity index (χ4v) is 1.81. The third kappa shape index (κ3) is 3.40. The van der Waals surface area contributed by atoms with Crippen LogP contribution in [0.2, 0.25) is 0 Å². The summed E-state index contributed by atoms with van der Waals surface area (Å²) in [6.07, 6.45) is 0.224. The van der Waals surface area contributed by atoms with E-state index in [1.165, 1.54) is 12.1 Å². The Hall–Kier alpha value is -1.68. The van der Waals surface area contributed by atoms with Crippen LogP contribution in [0.4, 0.5) is 10.1 Å². The third-order valence-electron chi connectivity index (χ3n) is 2.43. The minimum Gasteiger partial charge on any atom is -0.323 e. The fraction of sp³-hybridized carbons (Fsp3) is 0.0714. The van der Waals surface area contributed by atoms with Crippen molar-refractivity contribution in [1.29, 1.82) is 0 Å². The van der Waals surface area contributed by atoms with Gasteiger partial charge in [-0.25, -0.2) is 4.39 Å². The highest BCUT2D eigenvalue weighted by Crippen LogP contribution is 2.14. The lowest BCUT2D eigenvalue weighted by Gasteiger charge is -2.06. The molecular formula is C14H11BrFNO. The van der Waals surface area contributed by atoms with Gasteiger partial charge in [0.05, 0.1) is 12.1 Å². The predicted molar refractivity (Wildman–Crippen MR) is 72.9 cm³/mol. The van der Waals surface area contributed by atoms with Crippen LogP contribution in [0.3, 0.4) is 0 Å². The summed E-state index contributed by atoms with van der Waals surface area (Å²) in [5.41, 5.74) is 1.09. The number of benzene rings is 2. The van der Waals surface area contributed by atoms with Crippen LogP contribution in [-0.2, 0) is 11.2 Å². The van der Waals surface area contributed by atoms with Crippen molar-refractivity contribution in [3.05, 3.63) is 64.4 Å². The molecule has 0 saturated heterocycles. The van der Waals surface area contributed by atoms with E-state index in [1.54, 1.807) is 12.1 Å². The zero-order valence-electron chi connectivity index (χ0n) is 9.49. The van der Waals surface area contributed by atoms with Gasteiger partial charge >= 0.3 is 0 Å². The number of nitrogens with one attached hydrogen (secondary N) is 1. The molecule has 0 atom stereocenters. The highest BCUT2D eigenvalue weighted by molar-refractivity contribution is 9.10. The summed E-state index contributed by atoms with van der Waals surface area (Å²) in [5, 5.41) is 2.55. The van der Waals surface area contributed by atoms with E-state index in [-0.39, 0.29) is 18.0 Å². The highest BCUT2D eigenvalue weighted by Gasteiger charge is 2.06. The van der Waals surface area contributed by atoms with Gasteiger partial charge in [-0.2, -0.15) is 0 Å². The Morgan fingerprint density at radius 3 is 2.44 bits per heavy atom. The average molecular weight is 308 g/mol. The molecule has 0 bridgehead atoms. The molecule has 2 nitrogen and oxygen atoms in total. The van der Waals surface area contributed by atoms with Gasteiger partial charge in [0.1, 0.15) is 5.82 Å². The van der Waals surface area contributed by atoms with Crippen LogP contribution in [-0.4, -0.2) is 5.91 Å². The second kappa shape index (κ2) is 5.78. The van der Waals surface area contributed by atoms with Crippen molar-refractivity contribution in [2.45, 2.75) is 6.42 Å². The first-order chi connectivity index (χ1) is 8.65.